The Morgan fingerprint density at radius 2 is 1.75 bits per heavy atom. The first-order valence-corrected chi connectivity index (χ1v) is 14.9. The van der Waals surface area contributed by atoms with Crippen molar-refractivity contribution in [1.82, 2.24) is 15.3 Å². The molecule has 2 amide bonds. The van der Waals surface area contributed by atoms with Gasteiger partial charge in [0.15, 0.2) is 0 Å². The van der Waals surface area contributed by atoms with Crippen molar-refractivity contribution < 1.29 is 32.2 Å². The Morgan fingerprint density at radius 1 is 1.00 bits per heavy atom. The van der Waals surface area contributed by atoms with Crippen LogP contribution >= 0.6 is 0 Å². The number of anilines is 1. The molecule has 11 heteroatoms. The molecule has 1 aliphatic heterocycles. The molecule has 44 heavy (non-hydrogen) atoms. The van der Waals surface area contributed by atoms with Gasteiger partial charge in [0.25, 0.3) is 5.91 Å². The molecule has 2 aliphatic rings. The Kier molecular flexibility index (Phi) is 9.24. The lowest BCUT2D eigenvalue weighted by Crippen LogP contribution is -2.42. The van der Waals surface area contributed by atoms with Crippen LogP contribution in [-0.4, -0.2) is 46.8 Å². The minimum Gasteiger partial charge on any atom is -0.444 e. The first-order chi connectivity index (χ1) is 20.9. The third-order valence-electron chi connectivity index (χ3n) is 7.99. The van der Waals surface area contributed by atoms with Gasteiger partial charge < -0.3 is 20.1 Å². The van der Waals surface area contributed by atoms with Gasteiger partial charge in [-0.2, -0.15) is 0 Å². The van der Waals surface area contributed by atoms with Crippen LogP contribution in [0, 0.1) is 23.4 Å². The predicted octanol–water partition coefficient (Wildman–Crippen LogP) is 7.11. The molecule has 4 atom stereocenters. The number of halogens is 3. The van der Waals surface area contributed by atoms with Gasteiger partial charge in [0, 0.05) is 24.8 Å². The summed E-state index contributed by atoms with van der Waals surface area (Å²) in [6, 6.07) is 6.15. The zero-order chi connectivity index (χ0) is 31.6. The predicted molar refractivity (Wildman–Crippen MR) is 159 cm³/mol. The first-order valence-electron chi connectivity index (χ1n) is 14.9. The highest BCUT2D eigenvalue weighted by Crippen LogP contribution is 2.39. The van der Waals surface area contributed by atoms with Crippen molar-refractivity contribution in [1.29, 1.82) is 0 Å². The fraction of sp³-hybridized carbons (Fsp3) is 0.455. The van der Waals surface area contributed by atoms with E-state index >= 15 is 8.78 Å². The van der Waals surface area contributed by atoms with Crippen LogP contribution in [0.25, 0.3) is 11.3 Å². The molecule has 2 aromatic heterocycles. The lowest BCUT2D eigenvalue weighted by Gasteiger charge is -2.35. The Balaban J connectivity index is 1.35. The summed E-state index contributed by atoms with van der Waals surface area (Å²) >= 11 is 0. The second-order valence-corrected chi connectivity index (χ2v) is 12.7. The van der Waals surface area contributed by atoms with E-state index in [0.717, 1.165) is 30.5 Å². The van der Waals surface area contributed by atoms with Crippen LogP contribution in [0.4, 0.5) is 23.7 Å². The Labute approximate surface area is 254 Å². The molecule has 3 aromatic rings. The molecular formula is C33H37F3N4O4. The number of pyridine rings is 2. The number of aromatic nitrogens is 2. The van der Waals surface area contributed by atoms with Crippen LogP contribution in [-0.2, 0) is 9.47 Å². The average molecular weight is 611 g/mol. The summed E-state index contributed by atoms with van der Waals surface area (Å²) < 4.78 is 55.9. The zero-order valence-corrected chi connectivity index (χ0v) is 25.3. The van der Waals surface area contributed by atoms with Crippen molar-refractivity contribution in [2.75, 3.05) is 18.5 Å². The first kappa shape index (κ1) is 31.4. The summed E-state index contributed by atoms with van der Waals surface area (Å²) in [6.07, 6.45) is 5.52. The highest BCUT2D eigenvalue weighted by atomic mass is 19.1. The molecule has 0 radical (unpaired) electrons. The van der Waals surface area contributed by atoms with Crippen molar-refractivity contribution in [3.8, 4) is 11.3 Å². The van der Waals surface area contributed by atoms with Crippen molar-refractivity contribution in [2.45, 2.75) is 76.9 Å². The van der Waals surface area contributed by atoms with E-state index < -0.39 is 46.3 Å². The van der Waals surface area contributed by atoms with Gasteiger partial charge in [-0.1, -0.05) is 6.92 Å². The molecular weight excluding hydrogens is 573 g/mol. The number of nitrogens with zero attached hydrogens (tertiary/aromatic N) is 2. The van der Waals surface area contributed by atoms with Gasteiger partial charge in [0.05, 0.1) is 24.1 Å². The molecule has 1 saturated heterocycles. The van der Waals surface area contributed by atoms with Crippen molar-refractivity contribution in [3.05, 3.63) is 77.0 Å². The fourth-order valence-electron chi connectivity index (χ4n) is 6.10. The van der Waals surface area contributed by atoms with Crippen LogP contribution in [0.1, 0.15) is 86.8 Å². The SMILES string of the molecule is CC1CC(NC(=O)OC(C)(C)C)CC(c2ccncc2NC(=O)c2ccc(F)c(-c3c(F)cc(C4CCOC4)cc3F)n2)C1. The molecule has 0 spiro atoms. The number of hydrogen-bond acceptors (Lipinski definition) is 6. The monoisotopic (exact) mass is 610 g/mol. The maximum Gasteiger partial charge on any atom is 0.407 e. The van der Waals surface area contributed by atoms with Gasteiger partial charge in [-0.05, 0) is 99.7 Å². The van der Waals surface area contributed by atoms with E-state index in [0.29, 0.717) is 37.3 Å². The topological polar surface area (TPSA) is 102 Å². The van der Waals surface area contributed by atoms with E-state index in [1.807, 2.05) is 6.07 Å². The quantitative estimate of drug-likeness (QED) is 0.308. The highest BCUT2D eigenvalue weighted by Gasteiger charge is 2.32. The van der Waals surface area contributed by atoms with Crippen molar-refractivity contribution >= 4 is 17.7 Å². The molecule has 1 aromatic carbocycles. The summed E-state index contributed by atoms with van der Waals surface area (Å²) in [5.74, 6) is -3.46. The third kappa shape index (κ3) is 7.38. The van der Waals surface area contributed by atoms with Crippen LogP contribution in [0.5, 0.6) is 0 Å². The lowest BCUT2D eigenvalue weighted by molar-refractivity contribution is 0.0482. The molecule has 234 valence electrons. The van der Waals surface area contributed by atoms with Gasteiger partial charge in [-0.15, -0.1) is 0 Å². The number of alkyl carbamates (subject to hydrolysis) is 1. The number of hydrogen-bond donors (Lipinski definition) is 2. The van der Waals surface area contributed by atoms with E-state index in [2.05, 4.69) is 27.5 Å². The van der Waals surface area contributed by atoms with Crippen molar-refractivity contribution in [3.63, 3.8) is 0 Å². The van der Waals surface area contributed by atoms with Crippen LogP contribution in [0.15, 0.2) is 42.7 Å². The molecule has 4 unspecified atom stereocenters. The number of rotatable bonds is 6. The summed E-state index contributed by atoms with van der Waals surface area (Å²) in [4.78, 5) is 34.0. The van der Waals surface area contributed by atoms with E-state index in [1.165, 1.54) is 18.3 Å². The van der Waals surface area contributed by atoms with Crippen molar-refractivity contribution in [2.24, 2.45) is 5.92 Å². The fourth-order valence-corrected chi connectivity index (χ4v) is 6.10. The number of carbonyl (C=O) groups is 2. The van der Waals surface area contributed by atoms with E-state index in [-0.39, 0.29) is 29.5 Å². The third-order valence-corrected chi connectivity index (χ3v) is 7.99. The van der Waals surface area contributed by atoms with E-state index in [4.69, 9.17) is 9.47 Å². The smallest absolute Gasteiger partial charge is 0.407 e. The minimum atomic E-state index is -0.966. The number of carbonyl (C=O) groups excluding carboxylic acids is 2. The number of benzene rings is 1. The van der Waals surface area contributed by atoms with E-state index in [1.54, 1.807) is 27.0 Å². The number of amides is 2. The summed E-state index contributed by atoms with van der Waals surface area (Å²) in [7, 11) is 0. The summed E-state index contributed by atoms with van der Waals surface area (Å²) in [5.41, 5.74) is -0.383. The summed E-state index contributed by atoms with van der Waals surface area (Å²) in [6.45, 7) is 8.38. The van der Waals surface area contributed by atoms with Gasteiger partial charge >= 0.3 is 6.09 Å². The van der Waals surface area contributed by atoms with Crippen LogP contribution < -0.4 is 10.6 Å². The van der Waals surface area contributed by atoms with Gasteiger partial charge in [-0.3, -0.25) is 9.78 Å². The lowest BCUT2D eigenvalue weighted by atomic mass is 9.76. The minimum absolute atomic E-state index is 0.0132. The molecule has 2 N–H and O–H groups in total. The van der Waals surface area contributed by atoms with Crippen LogP contribution in [0.2, 0.25) is 0 Å². The largest absolute Gasteiger partial charge is 0.444 e. The second kappa shape index (κ2) is 12.9. The molecule has 2 fully saturated rings. The molecule has 0 bridgehead atoms. The van der Waals surface area contributed by atoms with Gasteiger partial charge in [-0.25, -0.2) is 22.9 Å². The Bertz CT molecular complexity index is 1510. The van der Waals surface area contributed by atoms with E-state index in [9.17, 15) is 14.0 Å². The summed E-state index contributed by atoms with van der Waals surface area (Å²) in [5, 5.41) is 5.77. The highest BCUT2D eigenvalue weighted by molar-refractivity contribution is 6.03. The standard InChI is InChI=1S/C33H37F3N4O4/c1-18-11-21(13-22(12-18)38-32(42)44-33(2,3)4)23-7-9-37-16-28(23)40-31(41)27-6-5-24(34)30(39-27)29-25(35)14-20(15-26(29)36)19-8-10-43-17-19/h5-7,9,14-16,18-19,21-22H,8,10-13,17H2,1-4H3,(H,38,42)(H,40,41). The van der Waals surface area contributed by atoms with Crippen LogP contribution in [0.3, 0.4) is 0 Å². The number of nitrogens with one attached hydrogen (secondary N) is 2. The van der Waals surface area contributed by atoms with Gasteiger partial charge in [0.2, 0.25) is 0 Å². The second-order valence-electron chi connectivity index (χ2n) is 12.7. The maximum absolute atomic E-state index is 15.2. The molecule has 1 aliphatic carbocycles. The average Bonchev–Trinajstić information content (AvgIpc) is 3.48. The molecule has 3 heterocycles. The zero-order valence-electron chi connectivity index (χ0n) is 25.3. The molecule has 5 rings (SSSR count). The Hall–Kier alpha value is -3.99. The molecule has 1 saturated carbocycles. The van der Waals surface area contributed by atoms with Gasteiger partial charge in [0.1, 0.15) is 34.4 Å². The maximum atomic E-state index is 15.2. The molecule has 8 nitrogen and oxygen atoms in total. The Morgan fingerprint density at radius 3 is 2.43 bits per heavy atom. The normalized spacial score (nSPS) is 22.0. The number of ether oxygens (including phenoxy) is 2.